The predicted octanol–water partition coefficient (Wildman–Crippen LogP) is 1.68. The fraction of sp³-hybridized carbons (Fsp3) is 0.471. The summed E-state index contributed by atoms with van der Waals surface area (Å²) in [5.41, 5.74) is 2.18. The number of para-hydroxylation sites is 1. The molecule has 2 heterocycles. The maximum Gasteiger partial charge on any atom is 0.0766 e. The summed E-state index contributed by atoms with van der Waals surface area (Å²) >= 11 is 0. The molecule has 1 N–H and O–H groups in total. The van der Waals surface area contributed by atoms with Crippen molar-refractivity contribution < 1.29 is 4.74 Å². The zero-order valence-corrected chi connectivity index (χ0v) is 12.9. The molecule has 0 bridgehead atoms. The van der Waals surface area contributed by atoms with Gasteiger partial charge in [0, 0.05) is 25.8 Å². The summed E-state index contributed by atoms with van der Waals surface area (Å²) in [6.45, 7) is 6.89. The molecule has 0 spiro atoms. The lowest BCUT2D eigenvalue weighted by molar-refractivity contribution is 0.0374. The van der Waals surface area contributed by atoms with Gasteiger partial charge in [0.1, 0.15) is 0 Å². The maximum atomic E-state index is 5.36. The highest BCUT2D eigenvalue weighted by molar-refractivity contribution is 5.30. The van der Waals surface area contributed by atoms with Crippen LogP contribution in [0.15, 0.2) is 42.6 Å². The highest BCUT2D eigenvalue weighted by Gasteiger charge is 2.09. The molecular weight excluding hydrogens is 276 g/mol. The summed E-state index contributed by atoms with van der Waals surface area (Å²) in [5, 5.41) is 8.07. The monoisotopic (exact) mass is 300 g/mol. The van der Waals surface area contributed by atoms with Crippen molar-refractivity contribution in [3.8, 4) is 5.69 Å². The van der Waals surface area contributed by atoms with Crippen molar-refractivity contribution in [1.29, 1.82) is 0 Å². The van der Waals surface area contributed by atoms with Gasteiger partial charge in [-0.05, 0) is 37.7 Å². The second-order valence-corrected chi connectivity index (χ2v) is 5.57. The standard InChI is InChI=1S/C17H24N4O/c1-2-5-17(6-3-1)21-10-7-16(19-21)15-18-8-4-9-20-11-13-22-14-12-20/h1-3,5-7,10,18H,4,8-9,11-15H2. The third-order valence-corrected chi connectivity index (χ3v) is 3.90. The van der Waals surface area contributed by atoms with Crippen LogP contribution in [0.25, 0.3) is 5.69 Å². The second-order valence-electron chi connectivity index (χ2n) is 5.57. The molecule has 0 atom stereocenters. The summed E-state index contributed by atoms with van der Waals surface area (Å²) in [6.07, 6.45) is 3.18. The molecule has 1 aromatic heterocycles. The van der Waals surface area contributed by atoms with Crippen molar-refractivity contribution in [2.75, 3.05) is 39.4 Å². The normalized spacial score (nSPS) is 16.0. The molecule has 0 aliphatic carbocycles. The van der Waals surface area contributed by atoms with E-state index in [9.17, 15) is 0 Å². The first kappa shape index (κ1) is 15.2. The van der Waals surface area contributed by atoms with Gasteiger partial charge in [0.05, 0.1) is 24.6 Å². The second kappa shape index (κ2) is 8.08. The van der Waals surface area contributed by atoms with Crippen LogP contribution in [0.4, 0.5) is 0 Å². The Hall–Kier alpha value is -1.69. The van der Waals surface area contributed by atoms with Gasteiger partial charge in [0.15, 0.2) is 0 Å². The van der Waals surface area contributed by atoms with Crippen LogP contribution in [0.3, 0.4) is 0 Å². The van der Waals surface area contributed by atoms with E-state index < -0.39 is 0 Å². The molecule has 5 heteroatoms. The number of aromatic nitrogens is 2. The number of hydrogen-bond donors (Lipinski definition) is 1. The largest absolute Gasteiger partial charge is 0.379 e. The zero-order valence-electron chi connectivity index (χ0n) is 12.9. The number of benzene rings is 1. The maximum absolute atomic E-state index is 5.36. The summed E-state index contributed by atoms with van der Waals surface area (Å²) in [4.78, 5) is 2.47. The number of ether oxygens (including phenoxy) is 1. The average Bonchev–Trinajstić information content (AvgIpc) is 3.05. The Bertz CT molecular complexity index is 549. The van der Waals surface area contributed by atoms with E-state index in [4.69, 9.17) is 4.74 Å². The molecule has 118 valence electrons. The minimum atomic E-state index is 0.822. The minimum Gasteiger partial charge on any atom is -0.379 e. The van der Waals surface area contributed by atoms with Crippen molar-refractivity contribution in [1.82, 2.24) is 20.0 Å². The molecule has 0 radical (unpaired) electrons. The van der Waals surface area contributed by atoms with Crippen LogP contribution < -0.4 is 5.32 Å². The Morgan fingerprint density at radius 3 is 2.73 bits per heavy atom. The van der Waals surface area contributed by atoms with Crippen molar-refractivity contribution in [3.63, 3.8) is 0 Å². The van der Waals surface area contributed by atoms with E-state index in [2.05, 4.69) is 33.5 Å². The molecule has 1 aromatic carbocycles. The van der Waals surface area contributed by atoms with Crippen LogP contribution in [-0.2, 0) is 11.3 Å². The van der Waals surface area contributed by atoms with E-state index in [1.807, 2.05) is 29.1 Å². The lowest BCUT2D eigenvalue weighted by Gasteiger charge is -2.26. The summed E-state index contributed by atoms with van der Waals surface area (Å²) in [6, 6.07) is 12.3. The van der Waals surface area contributed by atoms with Crippen molar-refractivity contribution in [2.45, 2.75) is 13.0 Å². The quantitative estimate of drug-likeness (QED) is 0.790. The van der Waals surface area contributed by atoms with Gasteiger partial charge in [-0.25, -0.2) is 4.68 Å². The molecule has 22 heavy (non-hydrogen) atoms. The summed E-state index contributed by atoms with van der Waals surface area (Å²) in [5.74, 6) is 0. The first-order valence-corrected chi connectivity index (χ1v) is 8.02. The Labute approximate surface area is 131 Å². The average molecular weight is 300 g/mol. The lowest BCUT2D eigenvalue weighted by Crippen LogP contribution is -2.37. The van der Waals surface area contributed by atoms with Crippen molar-refractivity contribution in [2.24, 2.45) is 0 Å². The van der Waals surface area contributed by atoms with Crippen molar-refractivity contribution in [3.05, 3.63) is 48.3 Å². The molecule has 1 fully saturated rings. The number of nitrogens with zero attached hydrogens (tertiary/aromatic N) is 3. The number of nitrogens with one attached hydrogen (secondary N) is 1. The molecule has 0 amide bonds. The summed E-state index contributed by atoms with van der Waals surface area (Å²) < 4.78 is 7.28. The van der Waals surface area contributed by atoms with Crippen LogP contribution in [0, 0.1) is 0 Å². The van der Waals surface area contributed by atoms with E-state index in [0.717, 1.165) is 57.3 Å². The number of rotatable bonds is 7. The molecule has 5 nitrogen and oxygen atoms in total. The molecule has 1 aliphatic heterocycles. The van der Waals surface area contributed by atoms with E-state index >= 15 is 0 Å². The van der Waals surface area contributed by atoms with E-state index in [1.165, 1.54) is 6.42 Å². The SMILES string of the molecule is c1ccc(-n2ccc(CNCCCN3CCOCC3)n2)cc1. The smallest absolute Gasteiger partial charge is 0.0766 e. The van der Waals surface area contributed by atoms with Crippen LogP contribution in [0.1, 0.15) is 12.1 Å². The van der Waals surface area contributed by atoms with E-state index in [1.54, 1.807) is 0 Å². The topological polar surface area (TPSA) is 42.3 Å². The molecule has 1 aliphatic rings. The fourth-order valence-corrected chi connectivity index (χ4v) is 2.65. The minimum absolute atomic E-state index is 0.822. The third-order valence-electron chi connectivity index (χ3n) is 3.90. The molecule has 0 unspecified atom stereocenters. The third kappa shape index (κ3) is 4.40. The molecule has 2 aromatic rings. The fourth-order valence-electron chi connectivity index (χ4n) is 2.65. The molecule has 0 saturated carbocycles. The van der Waals surface area contributed by atoms with E-state index in [-0.39, 0.29) is 0 Å². The van der Waals surface area contributed by atoms with Gasteiger partial charge < -0.3 is 10.1 Å². The van der Waals surface area contributed by atoms with Gasteiger partial charge in [0.25, 0.3) is 0 Å². The Balaban J connectivity index is 1.36. The summed E-state index contributed by atoms with van der Waals surface area (Å²) in [7, 11) is 0. The van der Waals surface area contributed by atoms with Gasteiger partial charge in [-0.15, -0.1) is 0 Å². The van der Waals surface area contributed by atoms with Crippen molar-refractivity contribution >= 4 is 0 Å². The van der Waals surface area contributed by atoms with Crippen LogP contribution >= 0.6 is 0 Å². The molecule has 3 rings (SSSR count). The number of hydrogen-bond acceptors (Lipinski definition) is 4. The lowest BCUT2D eigenvalue weighted by atomic mass is 10.3. The van der Waals surface area contributed by atoms with Gasteiger partial charge in [-0.1, -0.05) is 18.2 Å². The van der Waals surface area contributed by atoms with Gasteiger partial charge in [-0.2, -0.15) is 5.10 Å². The first-order chi connectivity index (χ1) is 10.9. The van der Waals surface area contributed by atoms with Crippen LogP contribution in [-0.4, -0.2) is 54.1 Å². The Morgan fingerprint density at radius 1 is 1.09 bits per heavy atom. The van der Waals surface area contributed by atoms with Gasteiger partial charge >= 0.3 is 0 Å². The predicted molar refractivity (Wildman–Crippen MR) is 87.1 cm³/mol. The molecule has 1 saturated heterocycles. The highest BCUT2D eigenvalue weighted by Crippen LogP contribution is 2.06. The van der Waals surface area contributed by atoms with Crippen LogP contribution in [0.5, 0.6) is 0 Å². The van der Waals surface area contributed by atoms with Crippen LogP contribution in [0.2, 0.25) is 0 Å². The Morgan fingerprint density at radius 2 is 1.91 bits per heavy atom. The highest BCUT2D eigenvalue weighted by atomic mass is 16.5. The first-order valence-electron chi connectivity index (χ1n) is 8.02. The number of morpholine rings is 1. The van der Waals surface area contributed by atoms with Gasteiger partial charge in [-0.3, -0.25) is 4.90 Å². The van der Waals surface area contributed by atoms with Gasteiger partial charge in [0.2, 0.25) is 0 Å². The Kier molecular flexibility index (Phi) is 5.59. The zero-order chi connectivity index (χ0) is 15.0. The molecular formula is C17H24N4O. The van der Waals surface area contributed by atoms with E-state index in [0.29, 0.717) is 0 Å².